The molecule has 6 rings (SSSR count). The first-order chi connectivity index (χ1) is 16.9. The van der Waals surface area contributed by atoms with Crippen molar-refractivity contribution in [3.63, 3.8) is 0 Å². The normalized spacial score (nSPS) is 11.7. The Hall–Kier alpha value is -4.39. The molecule has 0 saturated heterocycles. The minimum atomic E-state index is -0.139. The quantitative estimate of drug-likeness (QED) is 0.340. The third kappa shape index (κ3) is 3.56. The summed E-state index contributed by atoms with van der Waals surface area (Å²) in [6, 6.07) is 13.9. The number of fused-ring (bicyclic) bond motifs is 8. The number of furan rings is 2. The molecule has 2 bridgehead atoms. The number of rotatable bonds is 5. The van der Waals surface area contributed by atoms with Crippen LogP contribution in [0.15, 0.2) is 59.3 Å². The molecule has 7 heteroatoms. The molecule has 0 spiro atoms. The molecule has 0 aliphatic heterocycles. The summed E-state index contributed by atoms with van der Waals surface area (Å²) in [7, 11) is 0. The lowest BCUT2D eigenvalue weighted by atomic mass is 10.00. The molecular formula is C28H25N5O2. The summed E-state index contributed by atoms with van der Waals surface area (Å²) in [5.74, 6) is 0.348. The van der Waals surface area contributed by atoms with Crippen LogP contribution >= 0.6 is 0 Å². The molecule has 0 unspecified atom stereocenters. The summed E-state index contributed by atoms with van der Waals surface area (Å²) in [6.45, 7) is 7.00. The number of benzene rings is 3. The Balaban J connectivity index is 1.31. The van der Waals surface area contributed by atoms with Crippen LogP contribution in [0.3, 0.4) is 0 Å². The molecule has 7 nitrogen and oxygen atoms in total. The summed E-state index contributed by atoms with van der Waals surface area (Å²) in [5.41, 5.74) is 13.2. The first-order valence-corrected chi connectivity index (χ1v) is 11.6. The number of hydrogen-bond donors (Lipinski definition) is 2. The minimum Gasteiger partial charge on any atom is -0.455 e. The summed E-state index contributed by atoms with van der Waals surface area (Å²) < 4.78 is 8.12. The molecule has 35 heavy (non-hydrogen) atoms. The molecule has 0 radical (unpaired) electrons. The van der Waals surface area contributed by atoms with Crippen LogP contribution in [-0.4, -0.2) is 20.7 Å². The van der Waals surface area contributed by atoms with Gasteiger partial charge < -0.3 is 15.5 Å². The summed E-state index contributed by atoms with van der Waals surface area (Å²) >= 11 is 0. The Kier molecular flexibility index (Phi) is 4.74. The number of pyridine rings is 1. The zero-order valence-corrected chi connectivity index (χ0v) is 19.8. The van der Waals surface area contributed by atoms with E-state index in [0.29, 0.717) is 24.5 Å². The number of amides is 1. The van der Waals surface area contributed by atoms with Gasteiger partial charge in [-0.05, 0) is 73.4 Å². The van der Waals surface area contributed by atoms with Gasteiger partial charge in [-0.1, -0.05) is 12.1 Å². The van der Waals surface area contributed by atoms with E-state index < -0.39 is 0 Å². The second kappa shape index (κ2) is 7.84. The fourth-order valence-electron chi connectivity index (χ4n) is 4.93. The number of aryl methyl sites for hydroxylation is 3. The van der Waals surface area contributed by atoms with E-state index in [9.17, 15) is 4.79 Å². The average molecular weight is 464 g/mol. The molecule has 0 atom stereocenters. The fourth-order valence-corrected chi connectivity index (χ4v) is 4.93. The van der Waals surface area contributed by atoms with Gasteiger partial charge in [-0.15, -0.1) is 0 Å². The van der Waals surface area contributed by atoms with E-state index in [1.165, 1.54) is 0 Å². The van der Waals surface area contributed by atoms with Gasteiger partial charge in [0, 0.05) is 45.5 Å². The number of aromatic nitrogens is 3. The van der Waals surface area contributed by atoms with Gasteiger partial charge in [0.2, 0.25) is 0 Å². The van der Waals surface area contributed by atoms with Crippen molar-refractivity contribution in [3.05, 3.63) is 88.4 Å². The first-order valence-electron chi connectivity index (χ1n) is 11.6. The maximum Gasteiger partial charge on any atom is 0.251 e. The molecule has 1 amide bonds. The molecular weight excluding hydrogens is 438 g/mol. The monoisotopic (exact) mass is 463 g/mol. The number of carbonyl (C=O) groups is 1. The SMILES string of the molecule is Cc1cnn(Cc2ccc3c(c2)c2oc3c3ccc(C(=O)NCc4c(C)cc(N)nc4C)cc32)c1. The van der Waals surface area contributed by atoms with Crippen molar-refractivity contribution in [1.29, 1.82) is 0 Å². The highest BCUT2D eigenvalue weighted by molar-refractivity contribution is 6.25. The van der Waals surface area contributed by atoms with Gasteiger partial charge in [-0.25, -0.2) is 4.98 Å². The smallest absolute Gasteiger partial charge is 0.251 e. The molecule has 3 N–H and O–H groups in total. The van der Waals surface area contributed by atoms with Crippen LogP contribution in [-0.2, 0) is 13.1 Å². The zero-order chi connectivity index (χ0) is 24.3. The van der Waals surface area contributed by atoms with E-state index in [4.69, 9.17) is 10.2 Å². The van der Waals surface area contributed by atoms with Gasteiger partial charge in [-0.3, -0.25) is 9.48 Å². The molecule has 174 valence electrons. The maximum atomic E-state index is 13.0. The van der Waals surface area contributed by atoms with Crippen molar-refractivity contribution < 1.29 is 9.21 Å². The highest BCUT2D eigenvalue weighted by Crippen LogP contribution is 2.41. The lowest BCUT2D eigenvalue weighted by Gasteiger charge is -2.11. The van der Waals surface area contributed by atoms with Crippen LogP contribution in [0.4, 0.5) is 5.82 Å². The molecule has 4 aromatic heterocycles. The number of anilines is 1. The van der Waals surface area contributed by atoms with Gasteiger partial charge in [0.15, 0.2) is 0 Å². The van der Waals surface area contributed by atoms with E-state index >= 15 is 0 Å². The molecule has 0 saturated carbocycles. The second-order valence-electron chi connectivity index (χ2n) is 9.23. The number of nitrogens with two attached hydrogens (primary N) is 1. The maximum absolute atomic E-state index is 13.0. The van der Waals surface area contributed by atoms with Gasteiger partial charge in [0.1, 0.15) is 17.0 Å². The molecule has 0 aliphatic rings. The summed E-state index contributed by atoms with van der Waals surface area (Å²) in [4.78, 5) is 17.3. The summed E-state index contributed by atoms with van der Waals surface area (Å²) in [5, 5.41) is 11.5. The third-order valence-electron chi connectivity index (χ3n) is 6.65. The predicted molar refractivity (Wildman–Crippen MR) is 138 cm³/mol. The van der Waals surface area contributed by atoms with Gasteiger partial charge in [0.25, 0.3) is 5.91 Å². The lowest BCUT2D eigenvalue weighted by molar-refractivity contribution is 0.0951. The van der Waals surface area contributed by atoms with E-state index in [0.717, 1.165) is 60.7 Å². The number of nitrogens with one attached hydrogen (secondary N) is 1. The van der Waals surface area contributed by atoms with Gasteiger partial charge in [-0.2, -0.15) is 5.10 Å². The Labute approximate surface area is 201 Å². The minimum absolute atomic E-state index is 0.139. The number of nitrogens with zero attached hydrogens (tertiary/aromatic N) is 3. The van der Waals surface area contributed by atoms with Crippen molar-refractivity contribution in [2.24, 2.45) is 0 Å². The van der Waals surface area contributed by atoms with Crippen molar-refractivity contribution in [2.75, 3.05) is 5.73 Å². The van der Waals surface area contributed by atoms with Crippen molar-refractivity contribution in [3.8, 4) is 0 Å². The average Bonchev–Trinajstić information content (AvgIpc) is 3.51. The molecule has 4 heterocycles. The second-order valence-corrected chi connectivity index (χ2v) is 9.23. The van der Waals surface area contributed by atoms with Crippen LogP contribution in [0.2, 0.25) is 0 Å². The lowest BCUT2D eigenvalue weighted by Crippen LogP contribution is -2.24. The number of carbonyl (C=O) groups excluding carboxylic acids is 1. The van der Waals surface area contributed by atoms with Crippen molar-refractivity contribution in [2.45, 2.75) is 33.9 Å². The van der Waals surface area contributed by atoms with Gasteiger partial charge in [0.05, 0.1) is 12.7 Å². The predicted octanol–water partition coefficient (Wildman–Crippen LogP) is 5.25. The molecule has 2 aromatic carbocycles. The number of nitrogen functional groups attached to an aromatic ring is 1. The Morgan fingerprint density at radius 1 is 1.00 bits per heavy atom. The summed E-state index contributed by atoms with van der Waals surface area (Å²) in [6.07, 6.45) is 3.89. The fraction of sp³-hybridized carbons (Fsp3) is 0.179. The van der Waals surface area contributed by atoms with Gasteiger partial charge >= 0.3 is 0 Å². The van der Waals surface area contributed by atoms with Crippen molar-refractivity contribution in [1.82, 2.24) is 20.1 Å². The van der Waals surface area contributed by atoms with E-state index in [1.807, 2.05) is 62.1 Å². The zero-order valence-electron chi connectivity index (χ0n) is 19.8. The van der Waals surface area contributed by atoms with Crippen LogP contribution < -0.4 is 11.1 Å². The largest absolute Gasteiger partial charge is 0.455 e. The standard InChI is InChI=1S/C28H25N5O2/c1-15-11-31-33(13-15)14-18-4-6-20-22(9-18)27-23-10-19(5-7-21(23)26(20)35-27)28(34)30-12-24-16(2)8-25(29)32-17(24)3/h4-11,13H,12,14H2,1-3H3,(H2,29,32)(H,30,34). The highest BCUT2D eigenvalue weighted by atomic mass is 16.3. The Morgan fingerprint density at radius 3 is 2.49 bits per heavy atom. The van der Waals surface area contributed by atoms with E-state index in [1.54, 1.807) is 0 Å². The van der Waals surface area contributed by atoms with Crippen LogP contribution in [0.1, 0.15) is 38.3 Å². The van der Waals surface area contributed by atoms with Crippen LogP contribution in [0.25, 0.3) is 32.7 Å². The van der Waals surface area contributed by atoms with Crippen LogP contribution in [0, 0.1) is 20.8 Å². The Bertz CT molecular complexity index is 1720. The van der Waals surface area contributed by atoms with E-state index in [2.05, 4.69) is 33.6 Å². The third-order valence-corrected chi connectivity index (χ3v) is 6.65. The van der Waals surface area contributed by atoms with Crippen molar-refractivity contribution >= 4 is 44.4 Å². The molecule has 0 aliphatic carbocycles. The Morgan fingerprint density at radius 2 is 1.74 bits per heavy atom. The molecule has 0 fully saturated rings. The number of hydrogen-bond acceptors (Lipinski definition) is 5. The van der Waals surface area contributed by atoms with E-state index in [-0.39, 0.29) is 5.91 Å². The van der Waals surface area contributed by atoms with Crippen LogP contribution in [0.5, 0.6) is 0 Å². The highest BCUT2D eigenvalue weighted by Gasteiger charge is 2.19. The topological polar surface area (TPSA) is 99.0 Å². The molecule has 6 aromatic rings. The first kappa shape index (κ1) is 21.2.